The molecule has 2 aliphatic rings. The number of carbonyl (C=O) groups excluding carboxylic acids is 4. The first-order chi connectivity index (χ1) is 25.5. The van der Waals surface area contributed by atoms with E-state index >= 15 is 0 Å². The van der Waals surface area contributed by atoms with E-state index in [2.05, 4.69) is 31.1 Å². The number of carboxylic acids is 2. The van der Waals surface area contributed by atoms with Gasteiger partial charge in [0.15, 0.2) is 28.0 Å². The van der Waals surface area contributed by atoms with Crippen molar-refractivity contribution in [2.24, 2.45) is 5.16 Å². The number of phenols is 2. The largest absolute Gasteiger partial charge is 0.504 e. The van der Waals surface area contributed by atoms with Gasteiger partial charge in [0.05, 0.1) is 0 Å². The molecule has 1 saturated heterocycles. The number of aliphatic carboxylic acids is 2. The second kappa shape index (κ2) is 15.6. The van der Waals surface area contributed by atoms with Crippen molar-refractivity contribution in [1.82, 2.24) is 25.5 Å². The SMILES string of the molecule is CC(C)(O/N=C(\C(=O)N[C@@H]1C(=O)N2C(C(=O)O)=C(C[n+]3cnc(N)c(NC(=O)CCNC(=O)c4ccc(O)c(O)c4)c3)CSC12)c1csc(N)n1)C(=O)O. The van der Waals surface area contributed by atoms with Gasteiger partial charge in [-0.3, -0.25) is 24.1 Å². The maximum absolute atomic E-state index is 13.4. The molecule has 3 aromatic rings. The molecule has 4 amide bonds. The Bertz CT molecular complexity index is 2120. The number of aromatic nitrogens is 3. The van der Waals surface area contributed by atoms with E-state index in [9.17, 15) is 49.2 Å². The highest BCUT2D eigenvalue weighted by atomic mass is 32.2. The summed E-state index contributed by atoms with van der Waals surface area (Å²) in [4.78, 5) is 89.9. The van der Waals surface area contributed by atoms with Crippen LogP contribution in [0.15, 0.2) is 52.5 Å². The van der Waals surface area contributed by atoms with Gasteiger partial charge in [0.1, 0.15) is 35.5 Å². The van der Waals surface area contributed by atoms with Crippen molar-refractivity contribution in [1.29, 1.82) is 0 Å². The third-order valence-electron chi connectivity index (χ3n) is 7.84. The predicted molar refractivity (Wildman–Crippen MR) is 190 cm³/mol. The Labute approximate surface area is 312 Å². The Morgan fingerprint density at radius 3 is 2.54 bits per heavy atom. The first kappa shape index (κ1) is 38.7. The number of nitrogens with one attached hydrogen (secondary N) is 3. The van der Waals surface area contributed by atoms with Gasteiger partial charge in [-0.15, -0.1) is 23.1 Å². The molecule has 54 heavy (non-hydrogen) atoms. The smallest absolute Gasteiger partial charge is 0.352 e. The van der Waals surface area contributed by atoms with E-state index in [0.717, 1.165) is 28.4 Å². The quantitative estimate of drug-likeness (QED) is 0.0317. The number of anilines is 3. The number of phenolic OH excluding ortho intramolecular Hbond substituents is 2. The highest BCUT2D eigenvalue weighted by Gasteiger charge is 2.54. The van der Waals surface area contributed by atoms with Crippen molar-refractivity contribution < 1.29 is 58.6 Å². The highest BCUT2D eigenvalue weighted by molar-refractivity contribution is 8.00. The third kappa shape index (κ3) is 8.42. The number of carbonyl (C=O) groups is 6. The summed E-state index contributed by atoms with van der Waals surface area (Å²) in [7, 11) is 0. The lowest BCUT2D eigenvalue weighted by Crippen LogP contribution is -2.71. The summed E-state index contributed by atoms with van der Waals surface area (Å²) in [5.41, 5.74) is 9.51. The molecule has 0 saturated carbocycles. The Morgan fingerprint density at radius 1 is 1.15 bits per heavy atom. The zero-order chi connectivity index (χ0) is 39.5. The lowest BCUT2D eigenvalue weighted by atomic mass is 10.0. The Hall–Kier alpha value is -6.49. The summed E-state index contributed by atoms with van der Waals surface area (Å²) in [5, 5.41) is 50.5. The molecule has 0 bridgehead atoms. The number of nitrogens with two attached hydrogens (primary N) is 2. The molecular weight excluding hydrogens is 753 g/mol. The third-order valence-corrected chi connectivity index (χ3v) is 9.85. The summed E-state index contributed by atoms with van der Waals surface area (Å²) in [6, 6.07) is 2.33. The molecule has 284 valence electrons. The number of thioether (sulfide) groups is 1. The van der Waals surface area contributed by atoms with Gasteiger partial charge in [-0.05, 0) is 37.0 Å². The summed E-state index contributed by atoms with van der Waals surface area (Å²) in [6.07, 6.45) is 2.55. The Morgan fingerprint density at radius 2 is 1.89 bits per heavy atom. The first-order valence-electron chi connectivity index (χ1n) is 15.6. The van der Waals surface area contributed by atoms with E-state index in [1.807, 2.05) is 0 Å². The van der Waals surface area contributed by atoms with Crippen LogP contribution in [0.2, 0.25) is 0 Å². The predicted octanol–water partition coefficient (Wildman–Crippen LogP) is -0.817. The molecule has 11 N–H and O–H groups in total. The van der Waals surface area contributed by atoms with Crippen LogP contribution < -0.4 is 32.0 Å². The minimum atomic E-state index is -1.82. The Balaban J connectivity index is 1.24. The normalized spacial score (nSPS) is 16.9. The van der Waals surface area contributed by atoms with E-state index in [1.165, 1.54) is 54.1 Å². The lowest BCUT2D eigenvalue weighted by Gasteiger charge is -2.49. The molecule has 21 nitrogen and oxygen atoms in total. The van der Waals surface area contributed by atoms with E-state index in [0.29, 0.717) is 5.57 Å². The molecule has 2 aliphatic heterocycles. The number of thiazole rings is 1. The van der Waals surface area contributed by atoms with Gasteiger partial charge in [-0.1, -0.05) is 5.16 Å². The van der Waals surface area contributed by atoms with E-state index in [-0.39, 0.29) is 58.9 Å². The van der Waals surface area contributed by atoms with Crippen molar-refractivity contribution in [2.45, 2.75) is 43.8 Å². The minimum Gasteiger partial charge on any atom is -0.504 e. The van der Waals surface area contributed by atoms with E-state index in [1.54, 1.807) is 0 Å². The zero-order valence-electron chi connectivity index (χ0n) is 28.3. The summed E-state index contributed by atoms with van der Waals surface area (Å²) < 4.78 is 1.45. The minimum absolute atomic E-state index is 0.0338. The molecule has 4 heterocycles. The number of fused-ring (bicyclic) bond motifs is 1. The average molecular weight is 786 g/mol. The van der Waals surface area contributed by atoms with E-state index < -0.39 is 69.8 Å². The molecule has 1 fully saturated rings. The first-order valence-corrected chi connectivity index (χ1v) is 17.6. The fourth-order valence-corrected chi connectivity index (χ4v) is 6.84. The van der Waals surface area contributed by atoms with Gasteiger partial charge >= 0.3 is 11.9 Å². The van der Waals surface area contributed by atoms with Crippen LogP contribution in [0.4, 0.5) is 16.6 Å². The number of rotatable bonds is 14. The number of nitrogen functional groups attached to an aromatic ring is 2. The van der Waals surface area contributed by atoms with Crippen LogP contribution in [-0.4, -0.2) is 106 Å². The maximum atomic E-state index is 13.4. The molecule has 0 aliphatic carbocycles. The summed E-state index contributed by atoms with van der Waals surface area (Å²) >= 11 is 2.16. The molecule has 0 spiro atoms. The number of carboxylic acid groups (broad SMARTS) is 2. The second-order valence-electron chi connectivity index (χ2n) is 12.1. The van der Waals surface area contributed by atoms with Crippen molar-refractivity contribution in [3.63, 3.8) is 0 Å². The van der Waals surface area contributed by atoms with Crippen LogP contribution >= 0.6 is 23.1 Å². The van der Waals surface area contributed by atoms with Crippen molar-refractivity contribution >= 4 is 81.0 Å². The summed E-state index contributed by atoms with van der Waals surface area (Å²) in [5.74, 6) is -6.38. The van der Waals surface area contributed by atoms with E-state index in [4.69, 9.17) is 16.3 Å². The number of nitrogens with zero attached hydrogens (tertiary/aromatic N) is 5. The van der Waals surface area contributed by atoms with Crippen LogP contribution in [-0.2, 0) is 35.4 Å². The fourth-order valence-electron chi connectivity index (χ4n) is 4.96. The molecule has 2 atom stereocenters. The standard InChI is InChI=1S/C31H32N10O11S2/c1-31(2,29(50)51)52-39-20(16-11-54-30(33)37-16)25(46)38-21-26(47)41-22(28(48)49)14(10-53-27(21)41)8-40-9-15(23(32)35-12-40)36-19(44)5-6-34-24(45)13-3-4-17(42)18(43)7-13/h3-4,7,9,11-12,21,27,32H,5-6,8,10H2,1-2H3,(H9,33,34,36,37,38,39,42,43,44,45,46,48,49,50,51)/p+1/t21-,27?/m1/s1. The van der Waals surface area contributed by atoms with Gasteiger partial charge < -0.3 is 52.7 Å². The van der Waals surface area contributed by atoms with Crippen LogP contribution in [0.5, 0.6) is 11.5 Å². The average Bonchev–Trinajstić information content (AvgIpc) is 3.54. The Kier molecular flexibility index (Phi) is 11.2. The topological polar surface area (TPSA) is 326 Å². The van der Waals surface area contributed by atoms with Gasteiger partial charge in [-0.25, -0.2) is 19.1 Å². The monoisotopic (exact) mass is 785 g/mol. The molecule has 5 rings (SSSR count). The van der Waals surface area contributed by atoms with Crippen molar-refractivity contribution in [3.05, 3.63) is 58.6 Å². The second-order valence-corrected chi connectivity index (χ2v) is 14.1. The van der Waals surface area contributed by atoms with Crippen LogP contribution in [0.25, 0.3) is 0 Å². The van der Waals surface area contributed by atoms with Crippen LogP contribution in [0, 0.1) is 0 Å². The molecule has 1 aromatic carbocycles. The number of benzene rings is 1. The molecule has 23 heteroatoms. The molecule has 1 unspecified atom stereocenters. The van der Waals surface area contributed by atoms with Crippen molar-refractivity contribution in [2.75, 3.05) is 29.1 Å². The number of β-lactam (4-membered cyclic amide) rings is 1. The van der Waals surface area contributed by atoms with Gasteiger partial charge in [0.25, 0.3) is 29.9 Å². The molecular formula is C31H33N10O11S2+. The lowest BCUT2D eigenvalue weighted by molar-refractivity contribution is -0.691. The number of aromatic hydroxyl groups is 2. The zero-order valence-corrected chi connectivity index (χ0v) is 29.9. The van der Waals surface area contributed by atoms with Crippen LogP contribution in [0.3, 0.4) is 0 Å². The van der Waals surface area contributed by atoms with Crippen LogP contribution in [0.1, 0.15) is 36.3 Å². The van der Waals surface area contributed by atoms with Crippen molar-refractivity contribution in [3.8, 4) is 11.5 Å². The van der Waals surface area contributed by atoms with Gasteiger partial charge in [-0.2, -0.15) is 0 Å². The molecule has 0 radical (unpaired) electrons. The highest BCUT2D eigenvalue weighted by Crippen LogP contribution is 2.40. The summed E-state index contributed by atoms with van der Waals surface area (Å²) in [6.45, 7) is 2.26. The number of oxime groups is 1. The van der Waals surface area contributed by atoms with Gasteiger partial charge in [0.2, 0.25) is 11.5 Å². The maximum Gasteiger partial charge on any atom is 0.352 e. The number of hydrogen-bond donors (Lipinski definition) is 9. The number of amides is 4. The number of hydrogen-bond acceptors (Lipinski definition) is 16. The fraction of sp³-hybridized carbons (Fsp3) is 0.290. The molecule has 2 aromatic heterocycles. The van der Waals surface area contributed by atoms with Gasteiger partial charge in [0, 0.05) is 35.2 Å².